The Hall–Kier alpha value is -2.30. The van der Waals surface area contributed by atoms with Crippen LogP contribution in [0, 0.1) is 0 Å². The van der Waals surface area contributed by atoms with Crippen LogP contribution >= 0.6 is 23.2 Å². The van der Waals surface area contributed by atoms with Crippen molar-refractivity contribution in [1.29, 1.82) is 0 Å². The van der Waals surface area contributed by atoms with Crippen molar-refractivity contribution in [3.8, 4) is 5.75 Å². The molecule has 24 heavy (non-hydrogen) atoms. The Morgan fingerprint density at radius 1 is 1.08 bits per heavy atom. The van der Waals surface area contributed by atoms with Crippen molar-refractivity contribution >= 4 is 41.0 Å². The predicted octanol–water partition coefficient (Wildman–Crippen LogP) is 4.44. The number of hydrogen-bond acceptors (Lipinski definition) is 4. The van der Waals surface area contributed by atoms with Crippen molar-refractivity contribution in [2.75, 3.05) is 13.7 Å². The second-order valence-electron chi connectivity index (χ2n) is 4.73. The van der Waals surface area contributed by atoms with Gasteiger partial charge in [0.15, 0.2) is 12.4 Å². The SMILES string of the molecule is COC(=O)COc1ccc(C(=O)C=Cc2cccc(Cl)c2Cl)cc1. The fourth-order valence-corrected chi connectivity index (χ4v) is 2.20. The molecule has 6 heteroatoms. The Balaban J connectivity index is 2.03. The minimum absolute atomic E-state index is 0.184. The zero-order valence-corrected chi connectivity index (χ0v) is 14.3. The number of methoxy groups -OCH3 is 1. The van der Waals surface area contributed by atoms with Crippen LogP contribution in [0.2, 0.25) is 10.0 Å². The number of hydrogen-bond donors (Lipinski definition) is 0. The van der Waals surface area contributed by atoms with Crippen LogP contribution in [-0.4, -0.2) is 25.5 Å². The number of carbonyl (C=O) groups is 2. The summed E-state index contributed by atoms with van der Waals surface area (Å²) >= 11 is 12.0. The molecule has 0 saturated heterocycles. The van der Waals surface area contributed by atoms with E-state index in [1.54, 1.807) is 48.5 Å². The summed E-state index contributed by atoms with van der Waals surface area (Å²) in [6, 6.07) is 11.6. The number of benzene rings is 2. The van der Waals surface area contributed by atoms with E-state index in [1.165, 1.54) is 13.2 Å². The zero-order valence-electron chi connectivity index (χ0n) is 12.8. The molecule has 0 aliphatic rings. The minimum atomic E-state index is -0.475. The lowest BCUT2D eigenvalue weighted by Crippen LogP contribution is -2.12. The number of carbonyl (C=O) groups excluding carboxylic acids is 2. The van der Waals surface area contributed by atoms with Crippen molar-refractivity contribution < 1.29 is 19.1 Å². The topological polar surface area (TPSA) is 52.6 Å². The normalized spacial score (nSPS) is 10.6. The van der Waals surface area contributed by atoms with Gasteiger partial charge in [-0.3, -0.25) is 4.79 Å². The molecule has 2 aromatic rings. The molecule has 2 rings (SSSR count). The van der Waals surface area contributed by atoms with E-state index in [2.05, 4.69) is 4.74 Å². The molecular weight excluding hydrogens is 351 g/mol. The molecule has 0 fully saturated rings. The van der Waals surface area contributed by atoms with E-state index in [-0.39, 0.29) is 12.4 Å². The molecule has 0 aliphatic carbocycles. The van der Waals surface area contributed by atoms with E-state index in [0.717, 1.165) is 0 Å². The second kappa shape index (κ2) is 8.52. The fraction of sp³-hybridized carbons (Fsp3) is 0.111. The quantitative estimate of drug-likeness (QED) is 0.431. The molecule has 4 nitrogen and oxygen atoms in total. The Kier molecular flexibility index (Phi) is 6.41. The summed E-state index contributed by atoms with van der Waals surface area (Å²) in [4.78, 5) is 23.2. The highest BCUT2D eigenvalue weighted by Crippen LogP contribution is 2.26. The van der Waals surface area contributed by atoms with Crippen LogP contribution in [0.1, 0.15) is 15.9 Å². The standard InChI is InChI=1S/C18H14Cl2O4/c1-23-17(22)11-24-14-8-5-12(6-9-14)16(21)10-7-13-3-2-4-15(19)18(13)20/h2-10H,11H2,1H3. The maximum absolute atomic E-state index is 12.2. The molecule has 0 amide bonds. The predicted molar refractivity (Wildman–Crippen MR) is 93.8 cm³/mol. The second-order valence-corrected chi connectivity index (χ2v) is 5.51. The molecule has 0 aliphatic heterocycles. The first kappa shape index (κ1) is 18.0. The van der Waals surface area contributed by atoms with Crippen molar-refractivity contribution in [3.63, 3.8) is 0 Å². The molecule has 0 saturated carbocycles. The summed E-state index contributed by atoms with van der Waals surface area (Å²) in [7, 11) is 1.28. The number of halogens is 2. The molecule has 0 heterocycles. The lowest BCUT2D eigenvalue weighted by atomic mass is 10.1. The average molecular weight is 365 g/mol. The van der Waals surface area contributed by atoms with Crippen molar-refractivity contribution in [3.05, 3.63) is 69.7 Å². The number of ketones is 1. The van der Waals surface area contributed by atoms with Gasteiger partial charge in [0.2, 0.25) is 0 Å². The molecule has 0 bridgehead atoms. The first-order valence-corrected chi connectivity index (χ1v) is 7.73. The fourth-order valence-electron chi connectivity index (χ4n) is 1.83. The highest BCUT2D eigenvalue weighted by Gasteiger charge is 2.06. The van der Waals surface area contributed by atoms with Gasteiger partial charge in [0, 0.05) is 5.56 Å². The van der Waals surface area contributed by atoms with Crippen LogP contribution in [0.4, 0.5) is 0 Å². The van der Waals surface area contributed by atoms with Crippen LogP contribution in [0.3, 0.4) is 0 Å². The maximum atomic E-state index is 12.2. The summed E-state index contributed by atoms with van der Waals surface area (Å²) in [5, 5.41) is 0.827. The van der Waals surface area contributed by atoms with Crippen molar-refractivity contribution in [1.82, 2.24) is 0 Å². The highest BCUT2D eigenvalue weighted by atomic mass is 35.5. The zero-order chi connectivity index (χ0) is 17.5. The molecule has 0 radical (unpaired) electrons. The molecule has 0 N–H and O–H groups in total. The Morgan fingerprint density at radius 2 is 1.79 bits per heavy atom. The molecule has 0 unspecified atom stereocenters. The average Bonchev–Trinajstić information content (AvgIpc) is 2.61. The molecule has 0 atom stereocenters. The lowest BCUT2D eigenvalue weighted by Gasteiger charge is -2.05. The third-order valence-corrected chi connectivity index (χ3v) is 3.95. The maximum Gasteiger partial charge on any atom is 0.343 e. The van der Waals surface area contributed by atoms with Crippen molar-refractivity contribution in [2.24, 2.45) is 0 Å². The van der Waals surface area contributed by atoms with Gasteiger partial charge in [-0.2, -0.15) is 0 Å². The first-order chi connectivity index (χ1) is 11.5. The summed E-state index contributed by atoms with van der Waals surface area (Å²) in [5.74, 6) is -0.194. The van der Waals surface area contributed by atoms with Gasteiger partial charge in [-0.05, 0) is 48.0 Å². The van der Waals surface area contributed by atoms with E-state index in [1.807, 2.05) is 0 Å². The summed E-state index contributed by atoms with van der Waals surface area (Å²) in [6.07, 6.45) is 3.03. The van der Waals surface area contributed by atoms with Gasteiger partial charge in [0.05, 0.1) is 17.2 Å². The van der Waals surface area contributed by atoms with E-state index in [9.17, 15) is 9.59 Å². The molecule has 0 spiro atoms. The Bertz CT molecular complexity index is 767. The van der Waals surface area contributed by atoms with Crippen LogP contribution in [0.25, 0.3) is 6.08 Å². The molecular formula is C18H14Cl2O4. The van der Waals surface area contributed by atoms with Crippen molar-refractivity contribution in [2.45, 2.75) is 0 Å². The number of ether oxygens (including phenoxy) is 2. The van der Waals surface area contributed by atoms with Gasteiger partial charge in [-0.25, -0.2) is 4.79 Å². The molecule has 2 aromatic carbocycles. The monoisotopic (exact) mass is 364 g/mol. The number of allylic oxidation sites excluding steroid dienone is 1. The third kappa shape index (κ3) is 4.85. The smallest absolute Gasteiger partial charge is 0.343 e. The molecule has 124 valence electrons. The van der Waals surface area contributed by atoms with Gasteiger partial charge < -0.3 is 9.47 Å². The highest BCUT2D eigenvalue weighted by molar-refractivity contribution is 6.42. The largest absolute Gasteiger partial charge is 0.482 e. The van der Waals surface area contributed by atoms with Gasteiger partial charge in [0.1, 0.15) is 5.75 Å². The summed E-state index contributed by atoms with van der Waals surface area (Å²) in [6.45, 7) is -0.184. The van der Waals surface area contributed by atoms with Gasteiger partial charge in [0.25, 0.3) is 0 Å². The Labute approximate surface area is 149 Å². The molecule has 0 aromatic heterocycles. The van der Waals surface area contributed by atoms with Crippen LogP contribution in [0.5, 0.6) is 5.75 Å². The number of rotatable bonds is 6. The summed E-state index contributed by atoms with van der Waals surface area (Å²) < 4.78 is 9.69. The van der Waals surface area contributed by atoms with Crippen LogP contribution < -0.4 is 4.74 Å². The van der Waals surface area contributed by atoms with Crippen LogP contribution in [-0.2, 0) is 9.53 Å². The third-order valence-electron chi connectivity index (χ3n) is 3.12. The van der Waals surface area contributed by atoms with E-state index < -0.39 is 5.97 Å². The van der Waals surface area contributed by atoms with E-state index >= 15 is 0 Å². The van der Waals surface area contributed by atoms with E-state index in [4.69, 9.17) is 27.9 Å². The minimum Gasteiger partial charge on any atom is -0.482 e. The van der Waals surface area contributed by atoms with Crippen LogP contribution in [0.15, 0.2) is 48.5 Å². The Morgan fingerprint density at radius 3 is 2.46 bits per heavy atom. The van der Waals surface area contributed by atoms with Gasteiger partial charge in [-0.15, -0.1) is 0 Å². The lowest BCUT2D eigenvalue weighted by molar-refractivity contribution is -0.142. The number of esters is 1. The van der Waals surface area contributed by atoms with Gasteiger partial charge >= 0.3 is 5.97 Å². The van der Waals surface area contributed by atoms with E-state index in [0.29, 0.717) is 26.9 Å². The summed E-state index contributed by atoms with van der Waals surface area (Å²) in [5.41, 5.74) is 1.14. The first-order valence-electron chi connectivity index (χ1n) is 6.97. The van der Waals surface area contributed by atoms with Gasteiger partial charge in [-0.1, -0.05) is 35.3 Å².